The van der Waals surface area contributed by atoms with Crippen LogP contribution in [0.25, 0.3) is 33.5 Å². The van der Waals surface area contributed by atoms with Gasteiger partial charge in [-0.2, -0.15) is 5.21 Å². The lowest BCUT2D eigenvalue weighted by molar-refractivity contribution is -0.130. The van der Waals surface area contributed by atoms with Crippen molar-refractivity contribution in [3.63, 3.8) is 0 Å². The number of aromatic nitrogens is 6. The quantitative estimate of drug-likeness (QED) is 0.207. The number of nitrogens with two attached hydrogens (primary N) is 2. The van der Waals surface area contributed by atoms with Crippen LogP contribution in [0.3, 0.4) is 0 Å². The van der Waals surface area contributed by atoms with Gasteiger partial charge in [0, 0.05) is 34.8 Å². The minimum Gasteiger partial charge on any atom is -0.346 e. The molecular formula is C31H34ClN9O2. The fourth-order valence-corrected chi connectivity index (χ4v) is 5.67. The van der Waals surface area contributed by atoms with Crippen molar-refractivity contribution < 1.29 is 9.59 Å². The number of benzene rings is 2. The zero-order valence-electron chi connectivity index (χ0n) is 23.5. The standard InChI is InChI=1S/C31H33N9O2.ClH/c32-17-20-3-7-23(8-4-20)30(41)40(26-11-9-22(10-12-26)29-36-38-39-37-29)31(42)27(33)15-19-1-5-21(6-2-19)25-16-24-13-14-34-28(24)35-18-25;/h1-2,5-6,9-14,16,18,20,23,27H,3-4,7-8,15,17,32-33H2,(H,34,35)(H,36,37,38,39);1H/t20-,23-,27-;/m0./s1. The fourth-order valence-electron chi connectivity index (χ4n) is 5.67. The number of nitrogens with zero attached hydrogens (tertiary/aromatic N) is 5. The van der Waals surface area contributed by atoms with Gasteiger partial charge in [-0.05, 0) is 97.3 Å². The van der Waals surface area contributed by atoms with Gasteiger partial charge in [0.1, 0.15) is 5.65 Å². The first kappa shape index (κ1) is 30.0. The summed E-state index contributed by atoms with van der Waals surface area (Å²) in [6, 6.07) is 18.1. The van der Waals surface area contributed by atoms with Crippen molar-refractivity contribution in [2.24, 2.45) is 23.3 Å². The summed E-state index contributed by atoms with van der Waals surface area (Å²) in [6.45, 7) is 0.613. The highest BCUT2D eigenvalue weighted by molar-refractivity contribution is 6.17. The zero-order valence-corrected chi connectivity index (χ0v) is 24.3. The number of halogens is 1. The first-order valence-corrected chi connectivity index (χ1v) is 14.2. The normalized spacial score (nSPS) is 17.3. The van der Waals surface area contributed by atoms with Crippen LogP contribution in [0.15, 0.2) is 73.1 Å². The molecule has 6 rings (SSSR count). The number of carbonyl (C=O) groups is 2. The topological polar surface area (TPSA) is 173 Å². The predicted octanol–water partition coefficient (Wildman–Crippen LogP) is 4.03. The van der Waals surface area contributed by atoms with E-state index in [0.717, 1.165) is 40.6 Å². The van der Waals surface area contributed by atoms with Gasteiger partial charge in [0.15, 0.2) is 0 Å². The molecule has 0 spiro atoms. The molecule has 11 nitrogen and oxygen atoms in total. The minimum absolute atomic E-state index is 0. The molecule has 2 amide bonds. The van der Waals surface area contributed by atoms with Gasteiger partial charge < -0.3 is 16.5 Å². The molecule has 1 fully saturated rings. The van der Waals surface area contributed by atoms with Crippen LogP contribution in [0, 0.1) is 11.8 Å². The van der Waals surface area contributed by atoms with E-state index in [2.05, 4.69) is 36.7 Å². The Balaban J connectivity index is 0.00000368. The van der Waals surface area contributed by atoms with Gasteiger partial charge in [-0.3, -0.25) is 9.59 Å². The lowest BCUT2D eigenvalue weighted by Gasteiger charge is -2.32. The number of hydrogen-bond acceptors (Lipinski definition) is 8. The maximum Gasteiger partial charge on any atom is 0.251 e. The van der Waals surface area contributed by atoms with E-state index >= 15 is 0 Å². The number of rotatable bonds is 8. The molecule has 6 N–H and O–H groups in total. The second kappa shape index (κ2) is 13.2. The Morgan fingerprint density at radius 1 is 0.953 bits per heavy atom. The Bertz CT molecular complexity index is 1660. The van der Waals surface area contributed by atoms with E-state index in [9.17, 15) is 9.59 Å². The number of nitrogens with one attached hydrogen (secondary N) is 2. The van der Waals surface area contributed by atoms with Crippen molar-refractivity contribution in [3.8, 4) is 22.5 Å². The summed E-state index contributed by atoms with van der Waals surface area (Å²) in [6.07, 6.45) is 7.13. The third-order valence-corrected chi connectivity index (χ3v) is 8.16. The van der Waals surface area contributed by atoms with E-state index in [1.165, 1.54) is 4.90 Å². The minimum atomic E-state index is -0.907. The lowest BCUT2D eigenvalue weighted by Crippen LogP contribution is -2.50. The van der Waals surface area contributed by atoms with Crippen LogP contribution >= 0.6 is 12.4 Å². The van der Waals surface area contributed by atoms with Crippen molar-refractivity contribution in [1.82, 2.24) is 30.6 Å². The largest absolute Gasteiger partial charge is 0.346 e. The summed E-state index contributed by atoms with van der Waals surface area (Å²) < 4.78 is 0. The number of imide groups is 1. The molecule has 3 aromatic heterocycles. The molecule has 0 radical (unpaired) electrons. The average Bonchev–Trinajstić information content (AvgIpc) is 3.74. The zero-order chi connectivity index (χ0) is 29.1. The summed E-state index contributed by atoms with van der Waals surface area (Å²) >= 11 is 0. The average molecular weight is 600 g/mol. The number of H-pyrrole nitrogens is 2. The number of hydrogen-bond donors (Lipinski definition) is 4. The molecule has 0 saturated heterocycles. The maximum atomic E-state index is 13.9. The Morgan fingerprint density at radius 2 is 1.67 bits per heavy atom. The third-order valence-electron chi connectivity index (χ3n) is 8.16. The Hall–Kier alpha value is -4.45. The number of tetrazole rings is 1. The molecule has 1 atom stereocenters. The number of aromatic amines is 2. The van der Waals surface area contributed by atoms with E-state index < -0.39 is 11.9 Å². The van der Waals surface area contributed by atoms with Crippen LogP contribution in [0.2, 0.25) is 0 Å². The molecular weight excluding hydrogens is 566 g/mol. The first-order valence-electron chi connectivity index (χ1n) is 14.2. The van der Waals surface area contributed by atoms with Gasteiger partial charge >= 0.3 is 0 Å². The van der Waals surface area contributed by atoms with Gasteiger partial charge in [0.05, 0.1) is 11.7 Å². The van der Waals surface area contributed by atoms with Crippen molar-refractivity contribution in [2.45, 2.75) is 38.1 Å². The van der Waals surface area contributed by atoms with Crippen molar-refractivity contribution in [2.75, 3.05) is 11.4 Å². The summed E-state index contributed by atoms with van der Waals surface area (Å²) in [4.78, 5) is 36.6. The summed E-state index contributed by atoms with van der Waals surface area (Å²) in [7, 11) is 0. The highest BCUT2D eigenvalue weighted by Crippen LogP contribution is 2.32. The molecule has 1 aliphatic rings. The molecule has 0 unspecified atom stereocenters. The Labute approximate surface area is 254 Å². The van der Waals surface area contributed by atoms with Gasteiger partial charge in [0.25, 0.3) is 5.91 Å². The van der Waals surface area contributed by atoms with Crippen molar-refractivity contribution in [1.29, 1.82) is 0 Å². The maximum absolute atomic E-state index is 13.9. The summed E-state index contributed by atoms with van der Waals surface area (Å²) in [5.74, 6) is -0.0695. The van der Waals surface area contributed by atoms with Crippen LogP contribution in [0.1, 0.15) is 31.2 Å². The smallest absolute Gasteiger partial charge is 0.251 e. The molecule has 12 heteroatoms. The van der Waals surface area contributed by atoms with Crippen LogP contribution in [0.5, 0.6) is 0 Å². The van der Waals surface area contributed by atoms with E-state index in [1.54, 1.807) is 24.3 Å². The molecule has 1 aliphatic carbocycles. The molecule has 1 saturated carbocycles. The van der Waals surface area contributed by atoms with Crippen LogP contribution in [0.4, 0.5) is 5.69 Å². The number of carbonyl (C=O) groups excluding carboxylic acids is 2. The monoisotopic (exact) mass is 599 g/mol. The summed E-state index contributed by atoms with van der Waals surface area (Å²) in [5.41, 5.74) is 17.3. The van der Waals surface area contributed by atoms with Crippen molar-refractivity contribution in [3.05, 3.63) is 78.6 Å². The van der Waals surface area contributed by atoms with Gasteiger partial charge in [0.2, 0.25) is 11.7 Å². The molecule has 43 heavy (non-hydrogen) atoms. The first-order chi connectivity index (χ1) is 20.5. The van der Waals surface area contributed by atoms with Gasteiger partial charge in [-0.25, -0.2) is 9.88 Å². The SMILES string of the molecule is Cl.NC[C@H]1CC[C@H](C(=O)N(C(=O)[C@@H](N)Cc2ccc(-c3cnc4[nH]ccc4c3)cc2)c2ccc(-c3nn[nH]n3)cc2)CC1. The second-order valence-electron chi connectivity index (χ2n) is 10.9. The van der Waals surface area contributed by atoms with E-state index in [0.29, 0.717) is 48.8 Å². The molecule has 222 valence electrons. The Morgan fingerprint density at radius 3 is 2.35 bits per heavy atom. The van der Waals surface area contributed by atoms with Crippen LogP contribution in [-0.2, 0) is 16.0 Å². The van der Waals surface area contributed by atoms with Gasteiger partial charge in [-0.15, -0.1) is 22.6 Å². The van der Waals surface area contributed by atoms with E-state index in [4.69, 9.17) is 11.5 Å². The van der Waals surface area contributed by atoms with Gasteiger partial charge in [-0.1, -0.05) is 24.3 Å². The van der Waals surface area contributed by atoms with E-state index in [-0.39, 0.29) is 24.2 Å². The van der Waals surface area contributed by atoms with E-state index in [1.807, 2.05) is 42.7 Å². The molecule has 5 aromatic rings. The van der Waals surface area contributed by atoms with Crippen LogP contribution < -0.4 is 16.4 Å². The number of pyridine rings is 1. The molecule has 3 heterocycles. The van der Waals surface area contributed by atoms with Crippen molar-refractivity contribution >= 4 is 40.9 Å². The highest BCUT2D eigenvalue weighted by atomic mass is 35.5. The Kier molecular flexibility index (Phi) is 9.24. The fraction of sp³-hybridized carbons (Fsp3) is 0.290. The summed E-state index contributed by atoms with van der Waals surface area (Å²) in [5, 5.41) is 15.1. The molecule has 2 aromatic carbocycles. The van der Waals surface area contributed by atoms with Crippen LogP contribution in [-0.4, -0.2) is 55.0 Å². The number of fused-ring (bicyclic) bond motifs is 1. The number of anilines is 1. The second-order valence-corrected chi connectivity index (χ2v) is 10.9. The lowest BCUT2D eigenvalue weighted by atomic mass is 9.81. The third kappa shape index (κ3) is 6.48. The number of amides is 2. The molecule has 0 bridgehead atoms. The highest BCUT2D eigenvalue weighted by Gasteiger charge is 2.35. The molecule has 0 aliphatic heterocycles. The predicted molar refractivity (Wildman–Crippen MR) is 167 cm³/mol.